The molecule has 8 nitrogen and oxygen atoms in total. The van der Waals surface area contributed by atoms with Gasteiger partial charge in [0.25, 0.3) is 5.56 Å². The molecule has 1 aliphatic heterocycles. The fourth-order valence-electron chi connectivity index (χ4n) is 5.36. The molecule has 1 aliphatic carbocycles. The quantitative estimate of drug-likeness (QED) is 0.363. The molecule has 202 valence electrons. The molecule has 39 heavy (non-hydrogen) atoms. The van der Waals surface area contributed by atoms with Crippen LogP contribution in [0, 0.1) is 11.7 Å². The molecule has 0 atom stereocenters. The molecule has 2 fully saturated rings. The van der Waals surface area contributed by atoms with Gasteiger partial charge in [-0.05, 0) is 61.2 Å². The van der Waals surface area contributed by atoms with E-state index in [1.165, 1.54) is 24.3 Å². The maximum Gasteiger partial charge on any atom is 0.293 e. The van der Waals surface area contributed by atoms with Crippen LogP contribution < -0.4 is 21.0 Å². The molecule has 2 aromatic heterocycles. The van der Waals surface area contributed by atoms with Gasteiger partial charge < -0.3 is 20.2 Å². The summed E-state index contributed by atoms with van der Waals surface area (Å²) >= 11 is 6.33. The highest BCUT2D eigenvalue weighted by Gasteiger charge is 2.23. The van der Waals surface area contributed by atoms with Crippen molar-refractivity contribution in [3.63, 3.8) is 0 Å². The predicted molar refractivity (Wildman–Crippen MR) is 150 cm³/mol. The molecule has 6 rings (SSSR count). The minimum Gasteiger partial charge on any atom is -0.408 e. The van der Waals surface area contributed by atoms with Crippen LogP contribution in [-0.2, 0) is 4.74 Å². The molecule has 1 saturated carbocycles. The number of hydrogen-bond acceptors (Lipinski definition) is 7. The zero-order valence-electron chi connectivity index (χ0n) is 21.4. The van der Waals surface area contributed by atoms with E-state index in [1.807, 2.05) is 24.3 Å². The SMILES string of the molecule is Nc1nc(-c2ccc(N3CCOCC3)cc2)nc2c1cc(-c1c(F)cccc1Cl)c(=O)n2OCC1CCCC1. The lowest BCUT2D eigenvalue weighted by Crippen LogP contribution is -2.36. The number of ether oxygens (including phenoxy) is 1. The highest BCUT2D eigenvalue weighted by molar-refractivity contribution is 6.33. The van der Waals surface area contributed by atoms with Crippen molar-refractivity contribution in [2.75, 3.05) is 43.5 Å². The van der Waals surface area contributed by atoms with Crippen LogP contribution in [0.15, 0.2) is 53.3 Å². The minimum absolute atomic E-state index is 0.00791. The topological polar surface area (TPSA) is 95.5 Å². The number of aromatic nitrogens is 3. The Morgan fingerprint density at radius 3 is 2.54 bits per heavy atom. The number of halogens is 2. The molecular weight excluding hydrogens is 521 g/mol. The standard InChI is InChI=1S/C29H29ClFN5O3/c30-23-6-3-7-24(31)25(23)21-16-22-26(32)33-27(19-8-10-20(11-9-19)35-12-14-38-15-13-35)34-28(22)36(29(21)37)39-17-18-4-1-2-5-18/h3,6-11,16,18H,1-2,4-5,12-15,17H2,(H2,32,33,34). The van der Waals surface area contributed by atoms with E-state index in [9.17, 15) is 9.18 Å². The van der Waals surface area contributed by atoms with E-state index in [1.54, 1.807) is 0 Å². The molecular formula is C29H29ClFN5O3. The maximum atomic E-state index is 14.9. The van der Waals surface area contributed by atoms with Gasteiger partial charge in [-0.25, -0.2) is 14.4 Å². The molecule has 0 radical (unpaired) electrons. The fourth-order valence-corrected chi connectivity index (χ4v) is 5.63. The van der Waals surface area contributed by atoms with E-state index in [0.29, 0.717) is 36.9 Å². The zero-order chi connectivity index (χ0) is 26.9. The van der Waals surface area contributed by atoms with Crippen molar-refractivity contribution >= 4 is 34.1 Å². The zero-order valence-corrected chi connectivity index (χ0v) is 22.2. The summed E-state index contributed by atoms with van der Waals surface area (Å²) in [6, 6.07) is 13.7. The molecule has 2 aliphatic rings. The Morgan fingerprint density at radius 2 is 1.82 bits per heavy atom. The van der Waals surface area contributed by atoms with E-state index in [0.717, 1.165) is 54.8 Å². The summed E-state index contributed by atoms with van der Waals surface area (Å²) in [5.41, 5.74) is 7.96. The molecule has 4 aromatic rings. The average Bonchev–Trinajstić information content (AvgIpc) is 3.47. The Kier molecular flexibility index (Phi) is 7.10. The Bertz CT molecular complexity index is 1540. The van der Waals surface area contributed by atoms with Crippen molar-refractivity contribution in [2.45, 2.75) is 25.7 Å². The minimum atomic E-state index is -0.613. The van der Waals surface area contributed by atoms with E-state index < -0.39 is 11.4 Å². The number of rotatable bonds is 6. The lowest BCUT2D eigenvalue weighted by Gasteiger charge is -2.28. The van der Waals surface area contributed by atoms with Crippen LogP contribution in [0.25, 0.3) is 33.5 Å². The van der Waals surface area contributed by atoms with Crippen molar-refractivity contribution in [3.8, 4) is 22.5 Å². The number of morpholine rings is 1. The van der Waals surface area contributed by atoms with Crippen LogP contribution in [-0.4, -0.2) is 47.6 Å². The molecule has 0 bridgehead atoms. The molecule has 2 aromatic carbocycles. The number of nitrogens with zero attached hydrogens (tertiary/aromatic N) is 4. The van der Waals surface area contributed by atoms with Crippen LogP contribution in [0.5, 0.6) is 0 Å². The summed E-state index contributed by atoms with van der Waals surface area (Å²) < 4.78 is 21.5. The molecule has 0 unspecified atom stereocenters. The third-order valence-corrected chi connectivity index (χ3v) is 7.81. The Morgan fingerprint density at radius 1 is 1.08 bits per heavy atom. The van der Waals surface area contributed by atoms with Crippen LogP contribution in [0.1, 0.15) is 25.7 Å². The van der Waals surface area contributed by atoms with Gasteiger partial charge in [-0.1, -0.05) is 30.5 Å². The lowest BCUT2D eigenvalue weighted by atomic mass is 10.1. The number of nitrogens with two attached hydrogens (primary N) is 1. The van der Waals surface area contributed by atoms with Gasteiger partial charge in [0.1, 0.15) is 18.2 Å². The number of nitrogen functional groups attached to an aromatic ring is 1. The second-order valence-corrected chi connectivity index (χ2v) is 10.4. The van der Waals surface area contributed by atoms with Gasteiger partial charge in [-0.2, -0.15) is 0 Å². The summed E-state index contributed by atoms with van der Waals surface area (Å²) in [6.45, 7) is 3.40. The molecule has 2 N–H and O–H groups in total. The van der Waals surface area contributed by atoms with Gasteiger partial charge in [0.15, 0.2) is 11.5 Å². The monoisotopic (exact) mass is 549 g/mol. The predicted octanol–water partition coefficient (Wildman–Crippen LogP) is 4.96. The highest BCUT2D eigenvalue weighted by Crippen LogP contribution is 2.32. The molecule has 3 heterocycles. The summed E-state index contributed by atoms with van der Waals surface area (Å²) in [7, 11) is 0. The summed E-state index contributed by atoms with van der Waals surface area (Å²) in [4.78, 5) is 31.4. The largest absolute Gasteiger partial charge is 0.408 e. The van der Waals surface area contributed by atoms with Crippen molar-refractivity contribution in [1.82, 2.24) is 14.7 Å². The maximum absolute atomic E-state index is 14.9. The normalized spacial score (nSPS) is 16.2. The lowest BCUT2D eigenvalue weighted by molar-refractivity contribution is 0.0825. The molecule has 0 spiro atoms. The van der Waals surface area contributed by atoms with Gasteiger partial charge in [0, 0.05) is 29.9 Å². The van der Waals surface area contributed by atoms with Crippen LogP contribution >= 0.6 is 11.6 Å². The average molecular weight is 550 g/mol. The van der Waals surface area contributed by atoms with Crippen molar-refractivity contribution in [2.24, 2.45) is 5.92 Å². The number of benzene rings is 2. The first-order valence-electron chi connectivity index (χ1n) is 13.2. The first kappa shape index (κ1) is 25.6. The van der Waals surface area contributed by atoms with Crippen LogP contribution in [0.4, 0.5) is 15.9 Å². The van der Waals surface area contributed by atoms with E-state index in [-0.39, 0.29) is 27.6 Å². The molecule has 0 amide bonds. The highest BCUT2D eigenvalue weighted by atomic mass is 35.5. The molecule has 1 saturated heterocycles. The van der Waals surface area contributed by atoms with Gasteiger partial charge in [0.2, 0.25) is 0 Å². The van der Waals surface area contributed by atoms with Crippen LogP contribution in [0.2, 0.25) is 5.02 Å². The third-order valence-electron chi connectivity index (χ3n) is 7.50. The number of anilines is 2. The number of fused-ring (bicyclic) bond motifs is 1. The first-order chi connectivity index (χ1) is 19.0. The second-order valence-electron chi connectivity index (χ2n) is 10.0. The summed E-state index contributed by atoms with van der Waals surface area (Å²) in [6.07, 6.45) is 4.33. The van der Waals surface area contributed by atoms with Gasteiger partial charge >= 0.3 is 0 Å². The van der Waals surface area contributed by atoms with Crippen molar-refractivity contribution < 1.29 is 14.0 Å². The van der Waals surface area contributed by atoms with E-state index >= 15 is 0 Å². The van der Waals surface area contributed by atoms with E-state index in [4.69, 9.17) is 31.9 Å². The van der Waals surface area contributed by atoms with Gasteiger partial charge in [-0.3, -0.25) is 4.79 Å². The van der Waals surface area contributed by atoms with E-state index in [2.05, 4.69) is 9.88 Å². The smallest absolute Gasteiger partial charge is 0.293 e. The second kappa shape index (κ2) is 10.8. The van der Waals surface area contributed by atoms with Crippen molar-refractivity contribution in [1.29, 1.82) is 0 Å². The number of pyridine rings is 1. The third kappa shape index (κ3) is 5.04. The first-order valence-corrected chi connectivity index (χ1v) is 13.6. The molecule has 10 heteroatoms. The summed E-state index contributed by atoms with van der Waals surface area (Å²) in [5.74, 6) is 0.235. The summed E-state index contributed by atoms with van der Waals surface area (Å²) in [5, 5.41) is 0.495. The Hall–Kier alpha value is -3.69. The Balaban J connectivity index is 1.46. The number of hydrogen-bond donors (Lipinski definition) is 1. The van der Waals surface area contributed by atoms with Gasteiger partial charge in [0.05, 0.1) is 29.2 Å². The van der Waals surface area contributed by atoms with Crippen molar-refractivity contribution in [3.05, 3.63) is 69.7 Å². The van der Waals surface area contributed by atoms with Gasteiger partial charge in [-0.15, -0.1) is 4.73 Å². The Labute approximate surface area is 230 Å². The van der Waals surface area contributed by atoms with Crippen LogP contribution in [0.3, 0.4) is 0 Å². The fraction of sp³-hybridized carbons (Fsp3) is 0.345.